The van der Waals surface area contributed by atoms with Crippen LogP contribution in [0.25, 0.3) is 0 Å². The number of rotatable bonds is 3. The van der Waals surface area contributed by atoms with Gasteiger partial charge >= 0.3 is 0 Å². The van der Waals surface area contributed by atoms with Crippen molar-refractivity contribution in [3.63, 3.8) is 0 Å². The molecule has 24 heavy (non-hydrogen) atoms. The molecule has 0 N–H and O–H groups in total. The van der Waals surface area contributed by atoms with Gasteiger partial charge in [0, 0.05) is 37.2 Å². The normalized spacial score (nSPS) is 22.0. The molecular formula is C17H22N4O2S. The molecular weight excluding hydrogens is 324 g/mol. The van der Waals surface area contributed by atoms with Crippen molar-refractivity contribution in [3.8, 4) is 0 Å². The first-order valence-electron chi connectivity index (χ1n) is 8.37. The third kappa shape index (κ3) is 3.37. The maximum absolute atomic E-state index is 5.88. The van der Waals surface area contributed by atoms with Crippen molar-refractivity contribution in [3.05, 3.63) is 36.0 Å². The lowest BCUT2D eigenvalue weighted by Gasteiger charge is -2.33. The maximum Gasteiger partial charge on any atom is 0.134 e. The fourth-order valence-electron chi connectivity index (χ4n) is 3.13. The van der Waals surface area contributed by atoms with E-state index in [0.717, 1.165) is 60.8 Å². The number of furan rings is 1. The van der Waals surface area contributed by atoms with Crippen LogP contribution in [0, 0.1) is 6.92 Å². The van der Waals surface area contributed by atoms with E-state index in [1.54, 1.807) is 6.33 Å². The van der Waals surface area contributed by atoms with Crippen molar-refractivity contribution in [1.82, 2.24) is 9.97 Å². The first-order valence-corrected chi connectivity index (χ1v) is 9.53. The largest absolute Gasteiger partial charge is 0.464 e. The zero-order valence-electron chi connectivity index (χ0n) is 13.9. The molecule has 0 unspecified atom stereocenters. The number of aryl methyl sites for hydroxylation is 1. The van der Waals surface area contributed by atoms with Crippen molar-refractivity contribution in [2.45, 2.75) is 13.0 Å². The summed E-state index contributed by atoms with van der Waals surface area (Å²) in [6, 6.07) is 6.08. The van der Waals surface area contributed by atoms with Gasteiger partial charge in [-0.3, -0.25) is 0 Å². The smallest absolute Gasteiger partial charge is 0.134 e. The Morgan fingerprint density at radius 3 is 2.62 bits per heavy atom. The van der Waals surface area contributed by atoms with Crippen LogP contribution >= 0.6 is 11.8 Å². The van der Waals surface area contributed by atoms with Crippen LogP contribution in [0.4, 0.5) is 11.6 Å². The fraction of sp³-hybridized carbons (Fsp3) is 0.529. The molecule has 2 aromatic rings. The van der Waals surface area contributed by atoms with E-state index < -0.39 is 0 Å². The van der Waals surface area contributed by atoms with E-state index in [1.807, 2.05) is 30.8 Å². The number of hydrogen-bond acceptors (Lipinski definition) is 7. The van der Waals surface area contributed by atoms with Crippen molar-refractivity contribution >= 4 is 23.4 Å². The number of morpholine rings is 1. The Kier molecular flexibility index (Phi) is 4.62. The number of ether oxygens (including phenoxy) is 1. The van der Waals surface area contributed by atoms with Gasteiger partial charge in [0.1, 0.15) is 35.6 Å². The molecule has 6 nitrogen and oxygen atoms in total. The quantitative estimate of drug-likeness (QED) is 0.846. The lowest BCUT2D eigenvalue weighted by Crippen LogP contribution is -2.39. The summed E-state index contributed by atoms with van der Waals surface area (Å²) in [5.41, 5.74) is 0. The van der Waals surface area contributed by atoms with E-state index in [-0.39, 0.29) is 6.10 Å². The van der Waals surface area contributed by atoms with Crippen LogP contribution in [-0.2, 0) is 4.74 Å². The molecule has 2 aliphatic rings. The zero-order valence-corrected chi connectivity index (χ0v) is 14.7. The minimum atomic E-state index is -0.0442. The molecule has 1 atom stereocenters. The fourth-order valence-corrected chi connectivity index (χ4v) is 4.03. The van der Waals surface area contributed by atoms with Crippen LogP contribution in [0.2, 0.25) is 0 Å². The summed E-state index contributed by atoms with van der Waals surface area (Å²) < 4.78 is 11.6. The zero-order chi connectivity index (χ0) is 16.4. The van der Waals surface area contributed by atoms with Gasteiger partial charge in [0.05, 0.1) is 13.2 Å². The van der Waals surface area contributed by atoms with E-state index >= 15 is 0 Å². The Balaban J connectivity index is 1.50. The topological polar surface area (TPSA) is 54.6 Å². The highest BCUT2D eigenvalue weighted by molar-refractivity contribution is 7.99. The summed E-state index contributed by atoms with van der Waals surface area (Å²) in [6.45, 7) is 6.32. The molecule has 2 aliphatic heterocycles. The van der Waals surface area contributed by atoms with Crippen molar-refractivity contribution < 1.29 is 9.15 Å². The Morgan fingerprint density at radius 2 is 1.88 bits per heavy atom. The second-order valence-electron chi connectivity index (χ2n) is 6.09. The van der Waals surface area contributed by atoms with Gasteiger partial charge in [0.15, 0.2) is 0 Å². The van der Waals surface area contributed by atoms with Crippen LogP contribution in [0.3, 0.4) is 0 Å². The molecule has 0 radical (unpaired) electrons. The number of nitrogens with zero attached hydrogens (tertiary/aromatic N) is 4. The summed E-state index contributed by atoms with van der Waals surface area (Å²) in [5.74, 6) is 6.12. The van der Waals surface area contributed by atoms with Gasteiger partial charge in [-0.15, -0.1) is 0 Å². The predicted octanol–water partition coefficient (Wildman–Crippen LogP) is 2.51. The first kappa shape index (κ1) is 15.8. The van der Waals surface area contributed by atoms with Gasteiger partial charge < -0.3 is 19.0 Å². The first-order chi connectivity index (χ1) is 11.8. The molecule has 128 valence electrons. The third-order valence-electron chi connectivity index (χ3n) is 4.44. The van der Waals surface area contributed by atoms with Crippen molar-refractivity contribution in [2.75, 3.05) is 54.1 Å². The van der Waals surface area contributed by atoms with Gasteiger partial charge in [-0.25, -0.2) is 9.97 Å². The molecule has 0 bridgehead atoms. The molecule has 0 saturated carbocycles. The van der Waals surface area contributed by atoms with Crippen LogP contribution in [0.5, 0.6) is 0 Å². The van der Waals surface area contributed by atoms with E-state index in [1.165, 1.54) is 0 Å². The molecule has 2 saturated heterocycles. The molecule has 0 spiro atoms. The number of thioether (sulfide) groups is 1. The standard InChI is InChI=1S/C17H22N4O2S/c1-13-2-3-14(23-13)15-11-21(4-7-22-15)17-10-16(18-12-19-17)20-5-8-24-9-6-20/h2-3,10,12,15H,4-9,11H2,1H3/t15-/m0/s1. The summed E-state index contributed by atoms with van der Waals surface area (Å²) in [7, 11) is 0. The number of anilines is 2. The van der Waals surface area contributed by atoms with Crippen LogP contribution in [-0.4, -0.2) is 54.3 Å². The molecule has 4 heterocycles. The van der Waals surface area contributed by atoms with Crippen LogP contribution in [0.1, 0.15) is 17.6 Å². The average molecular weight is 346 g/mol. The van der Waals surface area contributed by atoms with Gasteiger partial charge in [-0.05, 0) is 19.1 Å². The summed E-state index contributed by atoms with van der Waals surface area (Å²) in [5, 5.41) is 0. The second kappa shape index (κ2) is 7.03. The Morgan fingerprint density at radius 1 is 1.08 bits per heavy atom. The minimum Gasteiger partial charge on any atom is -0.464 e. The highest BCUT2D eigenvalue weighted by Crippen LogP contribution is 2.28. The van der Waals surface area contributed by atoms with E-state index in [4.69, 9.17) is 9.15 Å². The van der Waals surface area contributed by atoms with Crippen molar-refractivity contribution in [2.24, 2.45) is 0 Å². The minimum absolute atomic E-state index is 0.0442. The highest BCUT2D eigenvalue weighted by atomic mass is 32.2. The van der Waals surface area contributed by atoms with Gasteiger partial charge in [-0.1, -0.05) is 0 Å². The Bertz CT molecular complexity index is 687. The molecule has 4 rings (SSSR count). The van der Waals surface area contributed by atoms with Crippen LogP contribution in [0.15, 0.2) is 28.9 Å². The van der Waals surface area contributed by atoms with E-state index in [9.17, 15) is 0 Å². The van der Waals surface area contributed by atoms with Crippen LogP contribution < -0.4 is 9.80 Å². The van der Waals surface area contributed by atoms with Gasteiger partial charge in [0.2, 0.25) is 0 Å². The lowest BCUT2D eigenvalue weighted by atomic mass is 10.2. The maximum atomic E-state index is 5.88. The summed E-state index contributed by atoms with van der Waals surface area (Å²) in [6.07, 6.45) is 1.63. The predicted molar refractivity (Wildman–Crippen MR) is 95.9 cm³/mol. The number of aromatic nitrogens is 2. The molecule has 2 aromatic heterocycles. The number of hydrogen-bond donors (Lipinski definition) is 0. The molecule has 2 fully saturated rings. The second-order valence-corrected chi connectivity index (χ2v) is 7.31. The lowest BCUT2D eigenvalue weighted by molar-refractivity contribution is 0.0250. The van der Waals surface area contributed by atoms with Crippen molar-refractivity contribution in [1.29, 1.82) is 0 Å². The molecule has 7 heteroatoms. The molecule has 0 aliphatic carbocycles. The highest BCUT2D eigenvalue weighted by Gasteiger charge is 2.26. The third-order valence-corrected chi connectivity index (χ3v) is 5.38. The summed E-state index contributed by atoms with van der Waals surface area (Å²) >= 11 is 2.00. The monoisotopic (exact) mass is 346 g/mol. The Labute approximate surface area is 146 Å². The van der Waals surface area contributed by atoms with E-state index in [0.29, 0.717) is 6.61 Å². The van der Waals surface area contributed by atoms with Gasteiger partial charge in [0.25, 0.3) is 0 Å². The Hall–Kier alpha value is -1.73. The summed E-state index contributed by atoms with van der Waals surface area (Å²) in [4.78, 5) is 13.6. The molecule has 0 amide bonds. The average Bonchev–Trinajstić information content (AvgIpc) is 3.09. The molecule has 0 aromatic carbocycles. The van der Waals surface area contributed by atoms with E-state index in [2.05, 4.69) is 25.8 Å². The van der Waals surface area contributed by atoms with Gasteiger partial charge in [-0.2, -0.15) is 11.8 Å². The SMILES string of the molecule is Cc1ccc([C@@H]2CN(c3cc(N4CCSCC4)ncn3)CCO2)o1.